The number of H-pyrrole nitrogens is 1. The first kappa shape index (κ1) is 19.3. The van der Waals surface area contributed by atoms with E-state index in [0.717, 1.165) is 11.0 Å². The van der Waals surface area contributed by atoms with Crippen LogP contribution in [0.15, 0.2) is 65.1 Å². The molecule has 0 saturated carbocycles. The molecule has 0 radical (unpaired) electrons. The van der Waals surface area contributed by atoms with Gasteiger partial charge in [0, 0.05) is 13.1 Å². The summed E-state index contributed by atoms with van der Waals surface area (Å²) in [5, 5.41) is 0. The van der Waals surface area contributed by atoms with Crippen LogP contribution >= 0.6 is 0 Å². The van der Waals surface area contributed by atoms with Gasteiger partial charge in [0.1, 0.15) is 23.2 Å². The fourth-order valence-electron chi connectivity index (χ4n) is 3.63. The van der Waals surface area contributed by atoms with Crippen molar-refractivity contribution in [2.45, 2.75) is 0 Å². The maximum absolute atomic E-state index is 14.1. The molecule has 1 N–H and O–H groups in total. The van der Waals surface area contributed by atoms with E-state index >= 15 is 0 Å². The molecule has 1 amide bonds. The van der Waals surface area contributed by atoms with Crippen molar-refractivity contribution in [2.24, 2.45) is 0 Å². The van der Waals surface area contributed by atoms with E-state index < -0.39 is 0 Å². The number of para-hydroxylation sites is 2. The van der Waals surface area contributed by atoms with Crippen molar-refractivity contribution >= 4 is 28.6 Å². The molecule has 4 aromatic rings. The van der Waals surface area contributed by atoms with Gasteiger partial charge in [-0.05, 0) is 42.5 Å². The molecular formula is C24H20FN3O3. The molecule has 0 aliphatic carbocycles. The van der Waals surface area contributed by atoms with Crippen LogP contribution in [0.3, 0.4) is 0 Å². The molecule has 31 heavy (non-hydrogen) atoms. The summed E-state index contributed by atoms with van der Waals surface area (Å²) < 4.78 is 25.4. The Morgan fingerprint density at radius 2 is 1.81 bits per heavy atom. The Morgan fingerprint density at radius 1 is 1.03 bits per heavy atom. The molecule has 0 bridgehead atoms. The van der Waals surface area contributed by atoms with E-state index in [-0.39, 0.29) is 11.7 Å². The van der Waals surface area contributed by atoms with Gasteiger partial charge < -0.3 is 19.0 Å². The number of halogens is 1. The summed E-state index contributed by atoms with van der Waals surface area (Å²) >= 11 is 0. The Bertz CT molecular complexity index is 1230. The molecule has 1 fully saturated rings. The van der Waals surface area contributed by atoms with Gasteiger partial charge in [0.2, 0.25) is 0 Å². The molecule has 0 unspecified atom stereocenters. The molecule has 1 aliphatic heterocycles. The van der Waals surface area contributed by atoms with E-state index in [2.05, 4.69) is 9.97 Å². The largest absolute Gasteiger partial charge is 0.457 e. The van der Waals surface area contributed by atoms with Gasteiger partial charge in [0.15, 0.2) is 0 Å². The summed E-state index contributed by atoms with van der Waals surface area (Å²) in [7, 11) is 0. The Hall–Kier alpha value is -3.71. The van der Waals surface area contributed by atoms with Crippen molar-refractivity contribution in [1.29, 1.82) is 0 Å². The minimum atomic E-state index is -0.366. The number of aromatic nitrogens is 2. The third-order valence-corrected chi connectivity index (χ3v) is 5.23. The Kier molecular flexibility index (Phi) is 5.09. The predicted molar refractivity (Wildman–Crippen MR) is 115 cm³/mol. The van der Waals surface area contributed by atoms with Gasteiger partial charge >= 0.3 is 0 Å². The average Bonchev–Trinajstić information content (AvgIpc) is 3.45. The van der Waals surface area contributed by atoms with Crippen LogP contribution in [0.5, 0.6) is 0 Å². The monoisotopic (exact) mass is 417 g/mol. The summed E-state index contributed by atoms with van der Waals surface area (Å²) in [5.41, 5.74) is 2.36. The molecule has 156 valence electrons. The first-order valence-corrected chi connectivity index (χ1v) is 10.1. The van der Waals surface area contributed by atoms with E-state index in [1.54, 1.807) is 41.3 Å². The molecule has 1 aliphatic rings. The second-order valence-electron chi connectivity index (χ2n) is 7.25. The summed E-state index contributed by atoms with van der Waals surface area (Å²) in [6, 6.07) is 17.4. The molecule has 2 aromatic carbocycles. The second kappa shape index (κ2) is 8.20. The molecule has 0 spiro atoms. The number of amides is 1. The van der Waals surface area contributed by atoms with Gasteiger partial charge in [-0.2, -0.15) is 0 Å². The number of carbonyl (C=O) groups excluding carboxylic acids is 1. The van der Waals surface area contributed by atoms with Crippen LogP contribution < -0.4 is 0 Å². The minimum absolute atomic E-state index is 0.161. The van der Waals surface area contributed by atoms with Crippen LogP contribution in [0.1, 0.15) is 11.6 Å². The highest BCUT2D eigenvalue weighted by Crippen LogP contribution is 2.28. The van der Waals surface area contributed by atoms with Crippen LogP contribution in [0.4, 0.5) is 4.39 Å². The maximum Gasteiger partial charge on any atom is 0.257 e. The van der Waals surface area contributed by atoms with E-state index in [1.807, 2.05) is 24.3 Å². The van der Waals surface area contributed by atoms with Crippen LogP contribution in [0.2, 0.25) is 0 Å². The third kappa shape index (κ3) is 3.87. The fourth-order valence-corrected chi connectivity index (χ4v) is 3.63. The zero-order chi connectivity index (χ0) is 21.2. The van der Waals surface area contributed by atoms with Crippen molar-refractivity contribution in [2.75, 3.05) is 26.3 Å². The van der Waals surface area contributed by atoms with Crippen LogP contribution in [-0.2, 0) is 9.53 Å². The van der Waals surface area contributed by atoms with E-state index in [4.69, 9.17) is 9.15 Å². The van der Waals surface area contributed by atoms with Crippen LogP contribution in [0.25, 0.3) is 34.0 Å². The lowest BCUT2D eigenvalue weighted by atomic mass is 10.1. The quantitative estimate of drug-likeness (QED) is 0.501. The molecule has 0 atom stereocenters. The first-order valence-electron chi connectivity index (χ1n) is 10.1. The van der Waals surface area contributed by atoms with Gasteiger partial charge in [-0.1, -0.05) is 24.3 Å². The highest BCUT2D eigenvalue weighted by Gasteiger charge is 2.24. The molecule has 7 heteroatoms. The smallest absolute Gasteiger partial charge is 0.257 e. The number of ether oxygens (including phenoxy) is 1. The minimum Gasteiger partial charge on any atom is -0.457 e. The summed E-state index contributed by atoms with van der Waals surface area (Å²) in [5.74, 6) is 0.768. The Morgan fingerprint density at radius 3 is 2.61 bits per heavy atom. The SMILES string of the molecule is O=C(C(=Cc1ccc(-c2ccccc2F)o1)c1nc2ccccc2[nH]1)N1CCOCC1. The van der Waals surface area contributed by atoms with E-state index in [0.29, 0.717) is 54.8 Å². The predicted octanol–water partition coefficient (Wildman–Crippen LogP) is 4.36. The number of fused-ring (bicyclic) bond motifs is 1. The van der Waals surface area contributed by atoms with Gasteiger partial charge in [-0.25, -0.2) is 9.37 Å². The summed E-state index contributed by atoms with van der Waals surface area (Å²) in [6.07, 6.45) is 1.65. The van der Waals surface area contributed by atoms with Gasteiger partial charge in [-0.3, -0.25) is 4.79 Å². The molecule has 2 aromatic heterocycles. The van der Waals surface area contributed by atoms with Gasteiger partial charge in [0.25, 0.3) is 5.91 Å². The highest BCUT2D eigenvalue weighted by atomic mass is 19.1. The number of nitrogens with one attached hydrogen (secondary N) is 1. The zero-order valence-electron chi connectivity index (χ0n) is 16.7. The van der Waals surface area contributed by atoms with Crippen molar-refractivity contribution in [1.82, 2.24) is 14.9 Å². The van der Waals surface area contributed by atoms with Crippen molar-refractivity contribution < 1.29 is 18.3 Å². The third-order valence-electron chi connectivity index (χ3n) is 5.23. The van der Waals surface area contributed by atoms with Crippen molar-refractivity contribution in [3.63, 3.8) is 0 Å². The second-order valence-corrected chi connectivity index (χ2v) is 7.25. The van der Waals surface area contributed by atoms with Crippen molar-refractivity contribution in [3.8, 4) is 11.3 Å². The number of furan rings is 1. The molecule has 3 heterocycles. The lowest BCUT2D eigenvalue weighted by molar-refractivity contribution is -0.128. The summed E-state index contributed by atoms with van der Waals surface area (Å²) in [4.78, 5) is 22.9. The van der Waals surface area contributed by atoms with Gasteiger partial charge in [-0.15, -0.1) is 0 Å². The van der Waals surface area contributed by atoms with E-state index in [9.17, 15) is 9.18 Å². The van der Waals surface area contributed by atoms with Crippen LogP contribution in [-0.4, -0.2) is 47.1 Å². The normalized spacial score (nSPS) is 14.9. The molecule has 5 rings (SSSR count). The summed E-state index contributed by atoms with van der Waals surface area (Å²) in [6.45, 7) is 2.01. The number of nitrogens with zero attached hydrogens (tertiary/aromatic N) is 2. The number of hydrogen-bond donors (Lipinski definition) is 1. The van der Waals surface area contributed by atoms with Gasteiger partial charge in [0.05, 0.1) is 35.4 Å². The van der Waals surface area contributed by atoms with Crippen LogP contribution in [0, 0.1) is 5.82 Å². The van der Waals surface area contributed by atoms with E-state index in [1.165, 1.54) is 6.07 Å². The standard InChI is InChI=1S/C24H20FN3O3/c25-19-6-2-1-5-17(19)22-10-9-16(31-22)15-18(24(29)28-11-13-30-14-12-28)23-26-20-7-3-4-8-21(20)27-23/h1-10,15H,11-14H2,(H,26,27). The number of rotatable bonds is 4. The fraction of sp³-hybridized carbons (Fsp3) is 0.167. The van der Waals surface area contributed by atoms with Crippen molar-refractivity contribution in [3.05, 3.63) is 78.1 Å². The zero-order valence-corrected chi connectivity index (χ0v) is 16.7. The first-order chi connectivity index (χ1) is 15.2. The lowest BCUT2D eigenvalue weighted by Crippen LogP contribution is -2.41. The molecule has 1 saturated heterocycles. The average molecular weight is 417 g/mol. The number of benzene rings is 2. The highest BCUT2D eigenvalue weighted by molar-refractivity contribution is 6.23. The lowest BCUT2D eigenvalue weighted by Gasteiger charge is -2.27. The number of carbonyl (C=O) groups is 1. The molecular weight excluding hydrogens is 397 g/mol. The Balaban J connectivity index is 1.56. The number of morpholine rings is 1. The topological polar surface area (TPSA) is 71.4 Å². The Labute approximate surface area is 178 Å². The molecule has 6 nitrogen and oxygen atoms in total. The number of hydrogen-bond acceptors (Lipinski definition) is 4. The number of imidazole rings is 1. The number of aromatic amines is 1. The maximum atomic E-state index is 14.1.